The SMILES string of the molecule is CCC(=O)N1CCN(c2ccc(NC3C=C(NCc4cc(F)cc(F)c4)C(C(N)=O)=CN3)cc2)CC1. The summed E-state index contributed by atoms with van der Waals surface area (Å²) in [6.07, 6.45) is 3.45. The molecule has 10 heteroatoms. The fraction of sp³-hybridized carbons (Fsp3) is 0.308. The highest BCUT2D eigenvalue weighted by atomic mass is 19.1. The van der Waals surface area contributed by atoms with Crippen molar-refractivity contribution in [3.05, 3.63) is 83.2 Å². The van der Waals surface area contributed by atoms with Crippen LogP contribution in [0.4, 0.5) is 20.2 Å². The molecule has 1 saturated heterocycles. The molecule has 2 aliphatic heterocycles. The number of halogens is 2. The van der Waals surface area contributed by atoms with Crippen molar-refractivity contribution in [1.29, 1.82) is 0 Å². The molecule has 0 bridgehead atoms. The van der Waals surface area contributed by atoms with E-state index >= 15 is 0 Å². The Labute approximate surface area is 208 Å². The van der Waals surface area contributed by atoms with Crippen LogP contribution >= 0.6 is 0 Å². The number of nitrogens with zero attached hydrogens (tertiary/aromatic N) is 2. The van der Waals surface area contributed by atoms with Crippen molar-refractivity contribution in [3.8, 4) is 0 Å². The number of anilines is 2. The highest BCUT2D eigenvalue weighted by Crippen LogP contribution is 2.21. The van der Waals surface area contributed by atoms with Gasteiger partial charge in [-0.2, -0.15) is 0 Å². The molecule has 2 aromatic carbocycles. The standard InChI is InChI=1S/C26H30F2N6O2/c1-2-25(35)34-9-7-33(8-10-34)21-5-3-20(4-6-21)32-24-14-23(22(16-31-24)26(29)36)30-15-17-11-18(27)13-19(28)12-17/h3-6,11-14,16,24,30-32H,2,7-10,15H2,1H3,(H2,29,36). The second-order valence-corrected chi connectivity index (χ2v) is 8.69. The summed E-state index contributed by atoms with van der Waals surface area (Å²) in [5.74, 6) is -1.78. The van der Waals surface area contributed by atoms with Crippen LogP contribution in [0, 0.1) is 11.6 Å². The van der Waals surface area contributed by atoms with E-state index < -0.39 is 17.5 Å². The van der Waals surface area contributed by atoms with Gasteiger partial charge in [0.25, 0.3) is 5.91 Å². The van der Waals surface area contributed by atoms with Crippen LogP contribution in [0.15, 0.2) is 66.0 Å². The van der Waals surface area contributed by atoms with E-state index in [0.717, 1.165) is 43.6 Å². The monoisotopic (exact) mass is 496 g/mol. The van der Waals surface area contributed by atoms with E-state index in [-0.39, 0.29) is 24.2 Å². The fourth-order valence-corrected chi connectivity index (χ4v) is 4.29. The normalized spacial score (nSPS) is 17.6. The van der Waals surface area contributed by atoms with Gasteiger partial charge in [-0.3, -0.25) is 9.59 Å². The average molecular weight is 497 g/mol. The molecule has 8 nitrogen and oxygen atoms in total. The molecule has 1 fully saturated rings. The van der Waals surface area contributed by atoms with Gasteiger partial charge < -0.3 is 31.5 Å². The van der Waals surface area contributed by atoms with Crippen LogP contribution in [0.5, 0.6) is 0 Å². The third kappa shape index (κ3) is 6.12. The highest BCUT2D eigenvalue weighted by molar-refractivity contribution is 5.96. The maximum Gasteiger partial charge on any atom is 0.252 e. The predicted octanol–water partition coefficient (Wildman–Crippen LogP) is 2.41. The van der Waals surface area contributed by atoms with Gasteiger partial charge in [0.1, 0.15) is 17.8 Å². The molecule has 0 aromatic heterocycles. The quantitative estimate of drug-likeness (QED) is 0.448. The van der Waals surface area contributed by atoms with E-state index in [2.05, 4.69) is 20.9 Å². The van der Waals surface area contributed by atoms with Crippen molar-refractivity contribution < 1.29 is 18.4 Å². The Morgan fingerprint density at radius 2 is 1.72 bits per heavy atom. The molecule has 1 atom stereocenters. The minimum Gasteiger partial charge on any atom is -0.380 e. The second kappa shape index (κ2) is 11.1. The molecular weight excluding hydrogens is 466 g/mol. The van der Waals surface area contributed by atoms with Crippen LogP contribution < -0.4 is 26.6 Å². The lowest BCUT2D eigenvalue weighted by Crippen LogP contribution is -2.48. The number of amides is 2. The second-order valence-electron chi connectivity index (χ2n) is 8.69. The Hall–Kier alpha value is -4.08. The molecule has 2 heterocycles. The Morgan fingerprint density at radius 1 is 1.06 bits per heavy atom. The molecule has 0 saturated carbocycles. The molecule has 190 valence electrons. The topological polar surface area (TPSA) is 103 Å². The third-order valence-electron chi connectivity index (χ3n) is 6.19. The first-order valence-electron chi connectivity index (χ1n) is 11.9. The van der Waals surface area contributed by atoms with E-state index in [1.165, 1.54) is 18.3 Å². The predicted molar refractivity (Wildman–Crippen MR) is 135 cm³/mol. The average Bonchev–Trinajstić information content (AvgIpc) is 2.87. The summed E-state index contributed by atoms with van der Waals surface area (Å²) in [5, 5.41) is 9.47. The summed E-state index contributed by atoms with van der Waals surface area (Å²) in [6.45, 7) is 5.01. The van der Waals surface area contributed by atoms with Crippen LogP contribution in [0.1, 0.15) is 18.9 Å². The van der Waals surface area contributed by atoms with Crippen LogP contribution in [0.2, 0.25) is 0 Å². The van der Waals surface area contributed by atoms with Crippen LogP contribution in [-0.4, -0.2) is 49.1 Å². The van der Waals surface area contributed by atoms with Gasteiger partial charge in [0.2, 0.25) is 5.91 Å². The molecule has 36 heavy (non-hydrogen) atoms. The minimum absolute atomic E-state index is 0.115. The summed E-state index contributed by atoms with van der Waals surface area (Å²) in [5.41, 5.74) is 8.53. The number of piperazine rings is 1. The largest absolute Gasteiger partial charge is 0.380 e. The zero-order valence-electron chi connectivity index (χ0n) is 20.1. The first-order chi connectivity index (χ1) is 17.3. The van der Waals surface area contributed by atoms with Gasteiger partial charge in [0.05, 0.1) is 5.57 Å². The van der Waals surface area contributed by atoms with E-state index in [1.807, 2.05) is 36.1 Å². The number of hydrogen-bond donors (Lipinski definition) is 4. The Bertz CT molecular complexity index is 1150. The van der Waals surface area contributed by atoms with Crippen molar-refractivity contribution in [2.45, 2.75) is 26.1 Å². The van der Waals surface area contributed by atoms with Crippen LogP contribution in [0.3, 0.4) is 0 Å². The lowest BCUT2D eigenvalue weighted by Gasteiger charge is -2.36. The van der Waals surface area contributed by atoms with Gasteiger partial charge in [-0.15, -0.1) is 0 Å². The number of carbonyl (C=O) groups is 2. The van der Waals surface area contributed by atoms with Crippen LogP contribution in [0.25, 0.3) is 0 Å². The Balaban J connectivity index is 1.38. The first kappa shape index (κ1) is 25.0. The number of carbonyl (C=O) groups excluding carboxylic acids is 2. The zero-order chi connectivity index (χ0) is 25.7. The summed E-state index contributed by atoms with van der Waals surface area (Å²) in [6, 6.07) is 11.2. The summed E-state index contributed by atoms with van der Waals surface area (Å²) in [7, 11) is 0. The molecule has 0 radical (unpaired) electrons. The first-order valence-corrected chi connectivity index (χ1v) is 11.9. The van der Waals surface area contributed by atoms with Gasteiger partial charge in [0, 0.05) is 68.5 Å². The maximum atomic E-state index is 13.5. The Kier molecular flexibility index (Phi) is 7.72. The van der Waals surface area contributed by atoms with Crippen molar-refractivity contribution in [2.24, 2.45) is 5.73 Å². The highest BCUT2D eigenvalue weighted by Gasteiger charge is 2.21. The van der Waals surface area contributed by atoms with Crippen molar-refractivity contribution in [2.75, 3.05) is 36.4 Å². The third-order valence-corrected chi connectivity index (χ3v) is 6.19. The number of dihydropyridines is 1. The number of primary amides is 1. The van der Waals surface area contributed by atoms with Crippen molar-refractivity contribution in [3.63, 3.8) is 0 Å². The molecule has 0 aliphatic carbocycles. The van der Waals surface area contributed by atoms with Gasteiger partial charge >= 0.3 is 0 Å². The summed E-state index contributed by atoms with van der Waals surface area (Å²) >= 11 is 0. The van der Waals surface area contributed by atoms with Gasteiger partial charge in [-0.25, -0.2) is 8.78 Å². The van der Waals surface area contributed by atoms with Crippen LogP contribution in [-0.2, 0) is 16.1 Å². The van der Waals surface area contributed by atoms with E-state index in [0.29, 0.717) is 17.7 Å². The van der Waals surface area contributed by atoms with E-state index in [1.54, 1.807) is 6.08 Å². The van der Waals surface area contributed by atoms with Crippen molar-refractivity contribution >= 4 is 23.2 Å². The maximum absolute atomic E-state index is 13.5. The fourth-order valence-electron chi connectivity index (χ4n) is 4.29. The molecule has 2 aliphatic rings. The van der Waals surface area contributed by atoms with Gasteiger partial charge in [0.15, 0.2) is 0 Å². The Morgan fingerprint density at radius 3 is 2.33 bits per heavy atom. The summed E-state index contributed by atoms with van der Waals surface area (Å²) in [4.78, 5) is 27.9. The molecule has 1 unspecified atom stereocenters. The number of nitrogens with two attached hydrogens (primary N) is 1. The lowest BCUT2D eigenvalue weighted by atomic mass is 10.1. The smallest absolute Gasteiger partial charge is 0.252 e. The molecular formula is C26H30F2N6O2. The molecule has 5 N–H and O–H groups in total. The zero-order valence-corrected chi connectivity index (χ0v) is 20.1. The van der Waals surface area contributed by atoms with Crippen molar-refractivity contribution in [1.82, 2.24) is 15.5 Å². The van der Waals surface area contributed by atoms with E-state index in [9.17, 15) is 18.4 Å². The lowest BCUT2D eigenvalue weighted by molar-refractivity contribution is -0.131. The number of benzene rings is 2. The van der Waals surface area contributed by atoms with E-state index in [4.69, 9.17) is 5.73 Å². The summed E-state index contributed by atoms with van der Waals surface area (Å²) < 4.78 is 27.0. The number of rotatable bonds is 8. The number of nitrogens with one attached hydrogen (secondary N) is 3. The molecule has 4 rings (SSSR count). The molecule has 0 spiro atoms. The van der Waals surface area contributed by atoms with Gasteiger partial charge in [-0.05, 0) is 48.0 Å². The van der Waals surface area contributed by atoms with Gasteiger partial charge in [-0.1, -0.05) is 6.92 Å². The molecule has 2 amide bonds. The number of hydrogen-bond acceptors (Lipinski definition) is 6. The molecule has 2 aromatic rings. The minimum atomic E-state index is -0.670.